The van der Waals surface area contributed by atoms with E-state index < -0.39 is 0 Å². The molecule has 0 heterocycles. The highest BCUT2D eigenvalue weighted by Gasteiger charge is 2.27. The molecule has 1 aliphatic rings. The molecule has 20 heavy (non-hydrogen) atoms. The van der Waals surface area contributed by atoms with Crippen molar-refractivity contribution in [3.05, 3.63) is 35.1 Å². The van der Waals surface area contributed by atoms with Crippen molar-refractivity contribution in [2.24, 2.45) is 5.92 Å². The molecule has 2 unspecified atom stereocenters. The number of halogens is 1. The summed E-state index contributed by atoms with van der Waals surface area (Å²) in [6.45, 7) is 6.66. The quantitative estimate of drug-likeness (QED) is 0.869. The third-order valence-corrected chi connectivity index (χ3v) is 3.74. The predicted octanol–water partition coefficient (Wildman–Crippen LogP) is 2.56. The highest BCUT2D eigenvalue weighted by atomic mass is 19.1. The molecular formula is C16H23FN2O. The van der Waals surface area contributed by atoms with Crippen LogP contribution >= 0.6 is 0 Å². The summed E-state index contributed by atoms with van der Waals surface area (Å²) in [5.74, 6) is 0.305. The van der Waals surface area contributed by atoms with Crippen molar-refractivity contribution in [2.45, 2.75) is 45.7 Å². The molecule has 2 N–H and O–H groups in total. The Kier molecular flexibility index (Phi) is 4.76. The van der Waals surface area contributed by atoms with Gasteiger partial charge in [-0.3, -0.25) is 10.1 Å². The molecule has 4 heteroatoms. The Morgan fingerprint density at radius 3 is 2.85 bits per heavy atom. The van der Waals surface area contributed by atoms with Crippen LogP contribution in [0.2, 0.25) is 0 Å². The van der Waals surface area contributed by atoms with Crippen LogP contribution in [-0.4, -0.2) is 18.5 Å². The van der Waals surface area contributed by atoms with Crippen molar-refractivity contribution in [3.63, 3.8) is 0 Å². The Balaban J connectivity index is 1.95. The minimum absolute atomic E-state index is 0.00329. The predicted molar refractivity (Wildman–Crippen MR) is 77.9 cm³/mol. The molecule has 1 aromatic carbocycles. The van der Waals surface area contributed by atoms with Crippen LogP contribution in [0.15, 0.2) is 18.2 Å². The van der Waals surface area contributed by atoms with Crippen LogP contribution < -0.4 is 10.6 Å². The van der Waals surface area contributed by atoms with Crippen LogP contribution in [0.4, 0.5) is 4.39 Å². The number of hydrogen-bond acceptors (Lipinski definition) is 2. The fraction of sp³-hybridized carbons (Fsp3) is 0.562. The van der Waals surface area contributed by atoms with E-state index in [2.05, 4.69) is 24.5 Å². The lowest BCUT2D eigenvalue weighted by atomic mass is 10.1. The molecule has 0 radical (unpaired) electrons. The molecule has 0 aliphatic heterocycles. The van der Waals surface area contributed by atoms with E-state index >= 15 is 0 Å². The SMILES string of the molecule is CC(C)CNC(=O)C(C)NC1CCc2c(F)cccc21. The third-order valence-electron chi connectivity index (χ3n) is 3.74. The van der Waals surface area contributed by atoms with Gasteiger partial charge in [0.25, 0.3) is 0 Å². The molecule has 110 valence electrons. The molecule has 1 aromatic rings. The van der Waals surface area contributed by atoms with Crippen molar-refractivity contribution in [1.82, 2.24) is 10.6 Å². The summed E-state index contributed by atoms with van der Waals surface area (Å²) in [4.78, 5) is 12.0. The highest BCUT2D eigenvalue weighted by Crippen LogP contribution is 2.32. The molecule has 3 nitrogen and oxygen atoms in total. The van der Waals surface area contributed by atoms with E-state index in [4.69, 9.17) is 0 Å². The molecule has 1 amide bonds. The maximum absolute atomic E-state index is 13.7. The van der Waals surface area contributed by atoms with Crippen molar-refractivity contribution in [2.75, 3.05) is 6.54 Å². The fourth-order valence-electron chi connectivity index (χ4n) is 2.62. The van der Waals surface area contributed by atoms with Gasteiger partial charge in [0.1, 0.15) is 5.82 Å². The number of nitrogens with one attached hydrogen (secondary N) is 2. The van der Waals surface area contributed by atoms with E-state index in [0.717, 1.165) is 24.0 Å². The van der Waals surface area contributed by atoms with Crippen molar-refractivity contribution in [1.29, 1.82) is 0 Å². The van der Waals surface area contributed by atoms with Crippen LogP contribution in [0, 0.1) is 11.7 Å². The van der Waals surface area contributed by atoms with E-state index in [1.54, 1.807) is 6.07 Å². The van der Waals surface area contributed by atoms with Gasteiger partial charge >= 0.3 is 0 Å². The van der Waals surface area contributed by atoms with Crippen molar-refractivity contribution >= 4 is 5.91 Å². The lowest BCUT2D eigenvalue weighted by Gasteiger charge is -2.20. The van der Waals surface area contributed by atoms with Gasteiger partial charge in [-0.15, -0.1) is 0 Å². The van der Waals surface area contributed by atoms with E-state index in [1.165, 1.54) is 6.07 Å². The molecule has 0 saturated carbocycles. The first-order valence-electron chi connectivity index (χ1n) is 7.30. The maximum Gasteiger partial charge on any atom is 0.236 e. The first-order chi connectivity index (χ1) is 9.49. The number of benzene rings is 1. The average molecular weight is 278 g/mol. The minimum Gasteiger partial charge on any atom is -0.354 e. The smallest absolute Gasteiger partial charge is 0.236 e. The number of carbonyl (C=O) groups excluding carboxylic acids is 1. The Labute approximate surface area is 120 Å². The summed E-state index contributed by atoms with van der Waals surface area (Å²) in [5, 5.41) is 6.22. The fourth-order valence-corrected chi connectivity index (χ4v) is 2.62. The number of rotatable bonds is 5. The number of amides is 1. The van der Waals surface area contributed by atoms with Gasteiger partial charge in [0, 0.05) is 12.6 Å². The molecule has 0 fully saturated rings. The van der Waals surface area contributed by atoms with E-state index in [0.29, 0.717) is 12.5 Å². The zero-order valence-corrected chi connectivity index (χ0v) is 12.4. The first kappa shape index (κ1) is 15.0. The number of fused-ring (bicyclic) bond motifs is 1. The zero-order chi connectivity index (χ0) is 14.7. The minimum atomic E-state index is -0.270. The van der Waals surface area contributed by atoms with Gasteiger partial charge in [-0.25, -0.2) is 4.39 Å². The normalized spacial score (nSPS) is 18.9. The second-order valence-electron chi connectivity index (χ2n) is 5.93. The molecule has 2 rings (SSSR count). The average Bonchev–Trinajstić information content (AvgIpc) is 2.80. The lowest BCUT2D eigenvalue weighted by molar-refractivity contribution is -0.123. The Bertz CT molecular complexity index is 487. The van der Waals surface area contributed by atoms with Gasteiger partial charge in [-0.05, 0) is 42.9 Å². The van der Waals surface area contributed by atoms with Gasteiger partial charge < -0.3 is 5.32 Å². The topological polar surface area (TPSA) is 41.1 Å². The summed E-state index contributed by atoms with van der Waals surface area (Å²) in [5.41, 5.74) is 1.79. The van der Waals surface area contributed by atoms with Crippen LogP contribution in [-0.2, 0) is 11.2 Å². The maximum atomic E-state index is 13.7. The van der Waals surface area contributed by atoms with E-state index in [1.807, 2.05) is 13.0 Å². The van der Waals surface area contributed by atoms with Crippen LogP contribution in [0.3, 0.4) is 0 Å². The van der Waals surface area contributed by atoms with Gasteiger partial charge in [-0.1, -0.05) is 26.0 Å². The third kappa shape index (κ3) is 3.37. The summed E-state index contributed by atoms with van der Waals surface area (Å²) < 4.78 is 13.7. The van der Waals surface area contributed by atoms with Gasteiger partial charge in [-0.2, -0.15) is 0 Å². The van der Waals surface area contributed by atoms with Gasteiger partial charge in [0.2, 0.25) is 5.91 Å². The summed E-state index contributed by atoms with van der Waals surface area (Å²) >= 11 is 0. The second-order valence-corrected chi connectivity index (χ2v) is 5.93. The molecular weight excluding hydrogens is 255 g/mol. The van der Waals surface area contributed by atoms with Crippen LogP contribution in [0.25, 0.3) is 0 Å². The lowest BCUT2D eigenvalue weighted by Crippen LogP contribution is -2.44. The monoisotopic (exact) mass is 278 g/mol. The Morgan fingerprint density at radius 2 is 2.15 bits per heavy atom. The Hall–Kier alpha value is -1.42. The summed E-state index contributed by atoms with van der Waals surface area (Å²) in [7, 11) is 0. The first-order valence-corrected chi connectivity index (χ1v) is 7.30. The molecule has 0 saturated heterocycles. The number of hydrogen-bond donors (Lipinski definition) is 2. The molecule has 0 aromatic heterocycles. The van der Waals surface area contributed by atoms with E-state index in [-0.39, 0.29) is 23.8 Å². The molecule has 0 spiro atoms. The van der Waals surface area contributed by atoms with Crippen LogP contribution in [0.1, 0.15) is 44.4 Å². The standard InChI is InChI=1S/C16H23FN2O/c1-10(2)9-18-16(20)11(3)19-15-8-7-12-13(15)5-4-6-14(12)17/h4-6,10-11,15,19H,7-9H2,1-3H3,(H,18,20). The summed E-state index contributed by atoms with van der Waals surface area (Å²) in [6.07, 6.45) is 1.58. The van der Waals surface area contributed by atoms with Gasteiger partial charge in [0.15, 0.2) is 0 Å². The molecule has 1 aliphatic carbocycles. The van der Waals surface area contributed by atoms with E-state index in [9.17, 15) is 9.18 Å². The Morgan fingerprint density at radius 1 is 1.40 bits per heavy atom. The van der Waals surface area contributed by atoms with Gasteiger partial charge in [0.05, 0.1) is 6.04 Å². The molecule has 2 atom stereocenters. The largest absolute Gasteiger partial charge is 0.354 e. The van der Waals surface area contributed by atoms with Crippen LogP contribution in [0.5, 0.6) is 0 Å². The zero-order valence-electron chi connectivity index (χ0n) is 12.4. The highest BCUT2D eigenvalue weighted by molar-refractivity contribution is 5.81. The summed E-state index contributed by atoms with van der Waals surface area (Å²) in [6, 6.07) is 4.98. The van der Waals surface area contributed by atoms with Crippen molar-refractivity contribution in [3.8, 4) is 0 Å². The molecule has 0 bridgehead atoms. The number of carbonyl (C=O) groups is 1. The second kappa shape index (κ2) is 6.35. The van der Waals surface area contributed by atoms with Crippen molar-refractivity contribution < 1.29 is 9.18 Å².